The van der Waals surface area contributed by atoms with Crippen molar-refractivity contribution >= 4 is 17.6 Å². The second kappa shape index (κ2) is 7.58. The van der Waals surface area contributed by atoms with Gasteiger partial charge >= 0.3 is 0 Å². The van der Waals surface area contributed by atoms with E-state index in [4.69, 9.17) is 9.97 Å². The van der Waals surface area contributed by atoms with Crippen molar-refractivity contribution in [1.82, 2.24) is 14.9 Å². The van der Waals surface area contributed by atoms with Gasteiger partial charge in [-0.3, -0.25) is 4.90 Å². The van der Waals surface area contributed by atoms with Gasteiger partial charge in [-0.15, -0.1) is 0 Å². The minimum Gasteiger partial charge on any atom is -0.366 e. The SMILES string of the molecule is CN(C)c1cc(N[C@@H]2C[C@H]3CC[C@]4(C)C(C)(C)C324)nc(N2CCN(Cc3ccccc3)CC2)n1. The summed E-state index contributed by atoms with van der Waals surface area (Å²) in [7, 11) is 4.15. The molecule has 6 heteroatoms. The van der Waals surface area contributed by atoms with Crippen LogP contribution in [0.25, 0.3) is 0 Å². The molecule has 6 rings (SSSR count). The molecule has 0 radical (unpaired) electrons. The van der Waals surface area contributed by atoms with Gasteiger partial charge in [-0.1, -0.05) is 51.1 Å². The number of benzene rings is 1. The molecule has 1 saturated heterocycles. The third-order valence-electron chi connectivity index (χ3n) is 10.4. The van der Waals surface area contributed by atoms with E-state index in [2.05, 4.69) is 91.3 Å². The van der Waals surface area contributed by atoms with Gasteiger partial charge in [0.05, 0.1) is 0 Å². The van der Waals surface area contributed by atoms with Gasteiger partial charge in [0.25, 0.3) is 0 Å². The van der Waals surface area contributed by atoms with Crippen LogP contribution in [-0.4, -0.2) is 61.2 Å². The molecule has 6 nitrogen and oxygen atoms in total. The summed E-state index contributed by atoms with van der Waals surface area (Å²) in [6.07, 6.45) is 4.07. The van der Waals surface area contributed by atoms with E-state index in [9.17, 15) is 0 Å². The van der Waals surface area contributed by atoms with E-state index in [1.807, 2.05) is 0 Å². The highest BCUT2D eigenvalue weighted by molar-refractivity contribution is 5.56. The highest BCUT2D eigenvalue weighted by Crippen LogP contribution is 2.92. The van der Waals surface area contributed by atoms with Crippen molar-refractivity contribution in [2.75, 3.05) is 55.4 Å². The average molecular weight is 461 g/mol. The summed E-state index contributed by atoms with van der Waals surface area (Å²) in [6, 6.07) is 13.4. The number of nitrogens with zero attached hydrogens (tertiary/aromatic N) is 5. The Balaban J connectivity index is 1.17. The zero-order valence-corrected chi connectivity index (χ0v) is 21.5. The third kappa shape index (κ3) is 2.96. The average Bonchev–Trinajstić information content (AvgIpc) is 3.10. The molecule has 1 aromatic heterocycles. The van der Waals surface area contributed by atoms with Gasteiger partial charge in [0.15, 0.2) is 0 Å². The van der Waals surface area contributed by atoms with Crippen LogP contribution in [0.2, 0.25) is 0 Å². The first-order valence-corrected chi connectivity index (χ1v) is 13.1. The molecule has 1 aliphatic heterocycles. The van der Waals surface area contributed by atoms with Crippen LogP contribution in [0.5, 0.6) is 0 Å². The number of aromatic nitrogens is 2. The fourth-order valence-electron chi connectivity index (χ4n) is 8.32. The Labute approximate surface area is 204 Å². The first kappa shape index (κ1) is 22.1. The van der Waals surface area contributed by atoms with E-state index in [0.717, 1.165) is 56.2 Å². The molecule has 182 valence electrons. The second-order valence-corrected chi connectivity index (χ2v) is 12.0. The number of piperazine rings is 1. The van der Waals surface area contributed by atoms with Crippen molar-refractivity contribution < 1.29 is 0 Å². The second-order valence-electron chi connectivity index (χ2n) is 12.0. The summed E-state index contributed by atoms with van der Waals surface area (Å²) in [5, 5.41) is 3.91. The lowest BCUT2D eigenvalue weighted by Crippen LogP contribution is -2.50. The zero-order chi connectivity index (χ0) is 23.7. The molecule has 4 atom stereocenters. The largest absolute Gasteiger partial charge is 0.366 e. The fraction of sp³-hybridized carbons (Fsp3) is 0.643. The lowest BCUT2D eigenvalue weighted by molar-refractivity contribution is 0.0876. The van der Waals surface area contributed by atoms with Gasteiger partial charge in [0.2, 0.25) is 5.95 Å². The van der Waals surface area contributed by atoms with Crippen molar-refractivity contribution in [1.29, 1.82) is 0 Å². The summed E-state index contributed by atoms with van der Waals surface area (Å²) in [5.41, 5.74) is 2.74. The third-order valence-corrected chi connectivity index (χ3v) is 10.4. The molecule has 1 spiro atoms. The van der Waals surface area contributed by atoms with Crippen molar-refractivity contribution in [2.45, 2.75) is 52.6 Å². The molecule has 4 aliphatic rings. The van der Waals surface area contributed by atoms with Crippen LogP contribution in [0.1, 0.15) is 45.6 Å². The van der Waals surface area contributed by atoms with Crippen LogP contribution in [0, 0.1) is 22.2 Å². The number of hydrogen-bond acceptors (Lipinski definition) is 6. The van der Waals surface area contributed by atoms with Crippen molar-refractivity contribution in [2.24, 2.45) is 22.2 Å². The van der Waals surface area contributed by atoms with Gasteiger partial charge in [-0.25, -0.2) is 0 Å². The molecule has 3 saturated carbocycles. The lowest BCUT2D eigenvalue weighted by Gasteiger charge is -2.48. The highest BCUT2D eigenvalue weighted by atomic mass is 15.3. The number of nitrogens with one attached hydrogen (secondary N) is 1. The van der Waals surface area contributed by atoms with Gasteiger partial charge in [-0.05, 0) is 41.6 Å². The van der Waals surface area contributed by atoms with Crippen molar-refractivity contribution in [3.63, 3.8) is 0 Å². The molecule has 1 aromatic carbocycles. The summed E-state index contributed by atoms with van der Waals surface area (Å²) in [4.78, 5) is 17.0. The highest BCUT2D eigenvalue weighted by Gasteiger charge is 2.89. The van der Waals surface area contributed by atoms with Crippen LogP contribution in [-0.2, 0) is 6.54 Å². The van der Waals surface area contributed by atoms with Crippen LogP contribution in [0.4, 0.5) is 17.6 Å². The molecule has 0 bridgehead atoms. The van der Waals surface area contributed by atoms with Gasteiger partial charge in [-0.2, -0.15) is 9.97 Å². The Morgan fingerprint density at radius 3 is 2.41 bits per heavy atom. The predicted molar refractivity (Wildman–Crippen MR) is 139 cm³/mol. The smallest absolute Gasteiger partial charge is 0.229 e. The molecule has 4 fully saturated rings. The van der Waals surface area contributed by atoms with Gasteiger partial charge in [0.1, 0.15) is 11.6 Å². The molecule has 3 aliphatic carbocycles. The van der Waals surface area contributed by atoms with Crippen molar-refractivity contribution in [3.8, 4) is 0 Å². The van der Waals surface area contributed by atoms with Crippen molar-refractivity contribution in [3.05, 3.63) is 42.0 Å². The minimum absolute atomic E-state index is 0.425. The predicted octanol–water partition coefficient (Wildman–Crippen LogP) is 4.49. The van der Waals surface area contributed by atoms with Gasteiger partial charge in [0, 0.05) is 64.3 Å². The van der Waals surface area contributed by atoms with Crippen LogP contribution < -0.4 is 15.1 Å². The number of rotatable bonds is 6. The molecule has 2 heterocycles. The summed E-state index contributed by atoms with van der Waals surface area (Å²) < 4.78 is 0. The van der Waals surface area contributed by atoms with Crippen LogP contribution in [0.3, 0.4) is 0 Å². The van der Waals surface area contributed by atoms with Crippen LogP contribution in [0.15, 0.2) is 36.4 Å². The Kier molecular flexibility index (Phi) is 4.94. The molecule has 1 N–H and O–H groups in total. The zero-order valence-electron chi connectivity index (χ0n) is 21.5. The molecule has 1 unspecified atom stereocenters. The monoisotopic (exact) mass is 460 g/mol. The number of hydrogen-bond donors (Lipinski definition) is 1. The first-order chi connectivity index (χ1) is 16.3. The molecular weight excluding hydrogens is 420 g/mol. The standard InChI is InChI=1S/C28H40N6/c1-26(2)27(3)12-11-21-17-22(28(21,26)27)29-23-18-24(32(4)5)31-25(30-23)34-15-13-33(14-16-34)19-20-9-7-6-8-10-20/h6-10,18,21-22H,11-17,19H2,1-5H3,(H,29,30,31)/t21-,22-,27-,28?/m1/s1. The molecule has 0 amide bonds. The van der Waals surface area contributed by atoms with E-state index in [1.165, 1.54) is 24.8 Å². The molecular formula is C28H40N6. The number of anilines is 3. The van der Waals surface area contributed by atoms with E-state index < -0.39 is 0 Å². The Morgan fingerprint density at radius 1 is 1.03 bits per heavy atom. The summed E-state index contributed by atoms with van der Waals surface area (Å²) in [6.45, 7) is 12.5. The van der Waals surface area contributed by atoms with Crippen LogP contribution >= 0.6 is 0 Å². The lowest BCUT2D eigenvalue weighted by atomic mass is 9.62. The Bertz CT molecular complexity index is 1060. The summed E-state index contributed by atoms with van der Waals surface area (Å²) in [5.74, 6) is 3.73. The summed E-state index contributed by atoms with van der Waals surface area (Å²) >= 11 is 0. The Hall–Kier alpha value is -2.34. The maximum atomic E-state index is 5.06. The Morgan fingerprint density at radius 2 is 1.76 bits per heavy atom. The van der Waals surface area contributed by atoms with E-state index in [-0.39, 0.29) is 0 Å². The maximum absolute atomic E-state index is 5.06. The normalized spacial score (nSPS) is 33.6. The quantitative estimate of drug-likeness (QED) is 0.685. The fourth-order valence-corrected chi connectivity index (χ4v) is 8.32. The minimum atomic E-state index is 0.425. The molecule has 34 heavy (non-hydrogen) atoms. The molecule has 2 aromatic rings. The maximum Gasteiger partial charge on any atom is 0.229 e. The van der Waals surface area contributed by atoms with Gasteiger partial charge < -0.3 is 15.1 Å². The first-order valence-electron chi connectivity index (χ1n) is 13.1. The van der Waals surface area contributed by atoms with E-state index >= 15 is 0 Å². The van der Waals surface area contributed by atoms with E-state index in [0.29, 0.717) is 22.3 Å². The topological polar surface area (TPSA) is 47.5 Å². The van der Waals surface area contributed by atoms with E-state index in [1.54, 1.807) is 0 Å².